The molecule has 2 amide bonds. The number of hydrogen-bond donors (Lipinski definition) is 2. The highest BCUT2D eigenvalue weighted by molar-refractivity contribution is 5.68. The highest BCUT2D eigenvalue weighted by Gasteiger charge is 2.32. The van der Waals surface area contributed by atoms with Gasteiger partial charge >= 0.3 is 12.2 Å². The minimum Gasteiger partial charge on any atom is -0.493 e. The van der Waals surface area contributed by atoms with E-state index in [-0.39, 0.29) is 12.6 Å². The molecule has 1 fully saturated rings. The van der Waals surface area contributed by atoms with E-state index in [0.29, 0.717) is 30.7 Å². The monoisotopic (exact) mass is 396 g/mol. The van der Waals surface area contributed by atoms with Crippen molar-refractivity contribution in [3.05, 3.63) is 29.6 Å². The van der Waals surface area contributed by atoms with Crippen LogP contribution in [-0.2, 0) is 4.74 Å². The Labute approximate surface area is 164 Å². The molecule has 156 valence electrons. The molecule has 2 rings (SSSR count). The van der Waals surface area contributed by atoms with E-state index in [1.807, 2.05) is 6.92 Å². The second-order valence-corrected chi connectivity index (χ2v) is 8.00. The predicted octanol–water partition coefficient (Wildman–Crippen LogP) is 4.32. The third-order valence-electron chi connectivity index (χ3n) is 4.40. The number of rotatable bonds is 6. The van der Waals surface area contributed by atoms with Gasteiger partial charge in [-0.1, -0.05) is 0 Å². The van der Waals surface area contributed by atoms with Gasteiger partial charge in [0.1, 0.15) is 17.2 Å². The van der Waals surface area contributed by atoms with Gasteiger partial charge in [-0.3, -0.25) is 0 Å². The lowest BCUT2D eigenvalue weighted by Crippen LogP contribution is -2.38. The summed E-state index contributed by atoms with van der Waals surface area (Å²) < 4.78 is 24.8. The number of nitrogens with one attached hydrogen (secondary N) is 1. The summed E-state index contributed by atoms with van der Waals surface area (Å²) in [5.74, 6) is 0.0311. The largest absolute Gasteiger partial charge is 0.493 e. The van der Waals surface area contributed by atoms with E-state index >= 15 is 0 Å². The number of carbonyl (C=O) groups excluding carboxylic acids is 1. The second kappa shape index (κ2) is 9.12. The van der Waals surface area contributed by atoms with Crippen LogP contribution in [0.3, 0.4) is 0 Å². The lowest BCUT2D eigenvalue weighted by Gasteiger charge is -2.24. The highest BCUT2D eigenvalue weighted by atomic mass is 19.1. The van der Waals surface area contributed by atoms with Gasteiger partial charge in [0.15, 0.2) is 0 Å². The Bertz CT molecular complexity index is 704. The third kappa shape index (κ3) is 6.28. The average Bonchev–Trinajstić information content (AvgIpc) is 3.04. The highest BCUT2D eigenvalue weighted by Crippen LogP contribution is 2.37. The molecule has 1 saturated heterocycles. The fourth-order valence-electron chi connectivity index (χ4n) is 3.16. The summed E-state index contributed by atoms with van der Waals surface area (Å²) in [7, 11) is 0. The zero-order valence-corrected chi connectivity index (χ0v) is 16.8. The lowest BCUT2D eigenvalue weighted by molar-refractivity contribution is 0.0503. The number of nitrogens with zero attached hydrogens (tertiary/aromatic N) is 1. The van der Waals surface area contributed by atoms with Crippen LogP contribution in [0, 0.1) is 5.82 Å². The van der Waals surface area contributed by atoms with E-state index in [1.54, 1.807) is 20.8 Å². The van der Waals surface area contributed by atoms with Gasteiger partial charge in [-0.25, -0.2) is 14.0 Å². The van der Waals surface area contributed by atoms with Gasteiger partial charge in [-0.2, -0.15) is 0 Å². The SMILES string of the molecule is C[C@H](CCOc1ccc(F)cc1[C@H]1CCCN1C(=O)O)NC(=O)OC(C)(C)C. The van der Waals surface area contributed by atoms with Crippen molar-refractivity contribution in [2.24, 2.45) is 0 Å². The van der Waals surface area contributed by atoms with Crippen molar-refractivity contribution in [3.8, 4) is 5.75 Å². The van der Waals surface area contributed by atoms with Crippen LogP contribution in [0.1, 0.15) is 58.6 Å². The van der Waals surface area contributed by atoms with Crippen LogP contribution in [0.4, 0.5) is 14.0 Å². The van der Waals surface area contributed by atoms with Gasteiger partial charge in [0.2, 0.25) is 0 Å². The molecule has 1 aromatic carbocycles. The Kier molecular flexibility index (Phi) is 7.10. The molecule has 8 heteroatoms. The first kappa shape index (κ1) is 21.8. The summed E-state index contributed by atoms with van der Waals surface area (Å²) in [6, 6.07) is 3.56. The van der Waals surface area contributed by atoms with Crippen LogP contribution < -0.4 is 10.1 Å². The van der Waals surface area contributed by atoms with Crippen molar-refractivity contribution in [2.45, 2.75) is 64.6 Å². The number of halogens is 1. The molecule has 2 N–H and O–H groups in total. The first-order valence-corrected chi connectivity index (χ1v) is 9.48. The van der Waals surface area contributed by atoms with Crippen LogP contribution >= 0.6 is 0 Å². The van der Waals surface area contributed by atoms with Gasteiger partial charge < -0.3 is 24.8 Å². The van der Waals surface area contributed by atoms with E-state index < -0.39 is 29.6 Å². The Morgan fingerprint density at radius 3 is 2.75 bits per heavy atom. The van der Waals surface area contributed by atoms with Crippen LogP contribution in [0.2, 0.25) is 0 Å². The summed E-state index contributed by atoms with van der Waals surface area (Å²) in [4.78, 5) is 24.5. The molecule has 0 aliphatic carbocycles. The number of carboxylic acid groups (broad SMARTS) is 1. The first-order valence-electron chi connectivity index (χ1n) is 9.48. The summed E-state index contributed by atoms with van der Waals surface area (Å²) in [6.45, 7) is 7.92. The topological polar surface area (TPSA) is 88.1 Å². The van der Waals surface area contributed by atoms with Gasteiger partial charge in [0.25, 0.3) is 0 Å². The minimum absolute atomic E-state index is 0.180. The lowest BCUT2D eigenvalue weighted by atomic mass is 10.0. The molecule has 0 spiro atoms. The maximum atomic E-state index is 13.8. The van der Waals surface area contributed by atoms with E-state index in [0.717, 1.165) is 6.42 Å². The molecule has 0 aromatic heterocycles. The molecule has 1 heterocycles. The molecule has 1 aromatic rings. The van der Waals surface area contributed by atoms with Crippen LogP contribution in [-0.4, -0.2) is 47.0 Å². The van der Waals surface area contributed by atoms with Crippen LogP contribution in [0.25, 0.3) is 0 Å². The van der Waals surface area contributed by atoms with Crippen molar-refractivity contribution >= 4 is 12.2 Å². The van der Waals surface area contributed by atoms with E-state index in [9.17, 15) is 19.1 Å². The molecule has 1 aliphatic rings. The number of alkyl carbamates (subject to hydrolysis) is 1. The summed E-state index contributed by atoms with van der Waals surface area (Å²) in [5, 5.41) is 12.1. The van der Waals surface area contributed by atoms with Crippen molar-refractivity contribution in [2.75, 3.05) is 13.2 Å². The van der Waals surface area contributed by atoms with Crippen molar-refractivity contribution < 1.29 is 28.6 Å². The predicted molar refractivity (Wildman–Crippen MR) is 102 cm³/mol. The average molecular weight is 396 g/mol. The van der Waals surface area contributed by atoms with Gasteiger partial charge in [0, 0.05) is 24.6 Å². The molecular formula is C20H29FN2O5. The van der Waals surface area contributed by atoms with Gasteiger partial charge in [0.05, 0.1) is 12.6 Å². The second-order valence-electron chi connectivity index (χ2n) is 8.00. The number of benzene rings is 1. The quantitative estimate of drug-likeness (QED) is 0.747. The molecule has 1 aliphatic heterocycles. The molecular weight excluding hydrogens is 367 g/mol. The molecule has 0 saturated carbocycles. The third-order valence-corrected chi connectivity index (χ3v) is 4.40. The summed E-state index contributed by atoms with van der Waals surface area (Å²) >= 11 is 0. The standard InChI is InChI=1S/C20H29FN2O5/c1-13(22-18(24)28-20(2,3)4)9-11-27-17-8-7-14(21)12-15(17)16-6-5-10-23(16)19(25)26/h7-8,12-13,16H,5-6,9-11H2,1-4H3,(H,22,24)(H,25,26)/t13-,16-/m1/s1. The number of likely N-dealkylation sites (tertiary alicyclic amines) is 1. The Morgan fingerprint density at radius 1 is 1.39 bits per heavy atom. The Balaban J connectivity index is 1.96. The molecule has 0 unspecified atom stereocenters. The first-order chi connectivity index (χ1) is 13.1. The maximum absolute atomic E-state index is 13.8. The Hall–Kier alpha value is -2.51. The van der Waals surface area contributed by atoms with Crippen molar-refractivity contribution in [1.29, 1.82) is 0 Å². The zero-order valence-electron chi connectivity index (χ0n) is 16.8. The molecule has 0 bridgehead atoms. The van der Waals surface area contributed by atoms with Gasteiger partial charge in [-0.05, 0) is 58.7 Å². The number of amides is 2. The van der Waals surface area contributed by atoms with Crippen molar-refractivity contribution in [1.82, 2.24) is 10.2 Å². The normalized spacial score (nSPS) is 17.9. The number of ether oxygens (including phenoxy) is 2. The minimum atomic E-state index is -1.02. The summed E-state index contributed by atoms with van der Waals surface area (Å²) in [5.41, 5.74) is -0.0340. The maximum Gasteiger partial charge on any atom is 0.407 e. The molecule has 2 atom stereocenters. The van der Waals surface area contributed by atoms with Crippen LogP contribution in [0.15, 0.2) is 18.2 Å². The smallest absolute Gasteiger partial charge is 0.407 e. The molecule has 28 heavy (non-hydrogen) atoms. The van der Waals surface area contributed by atoms with E-state index in [4.69, 9.17) is 9.47 Å². The van der Waals surface area contributed by atoms with E-state index in [1.165, 1.54) is 23.1 Å². The fourth-order valence-corrected chi connectivity index (χ4v) is 3.16. The van der Waals surface area contributed by atoms with Crippen molar-refractivity contribution in [3.63, 3.8) is 0 Å². The Morgan fingerprint density at radius 2 is 2.11 bits per heavy atom. The fraction of sp³-hybridized carbons (Fsp3) is 0.600. The number of carbonyl (C=O) groups is 2. The van der Waals surface area contributed by atoms with Gasteiger partial charge in [-0.15, -0.1) is 0 Å². The summed E-state index contributed by atoms with van der Waals surface area (Å²) in [6.07, 6.45) is 0.356. The zero-order chi connectivity index (χ0) is 20.9. The molecule has 7 nitrogen and oxygen atoms in total. The van der Waals surface area contributed by atoms with E-state index in [2.05, 4.69) is 5.32 Å². The van der Waals surface area contributed by atoms with Crippen LogP contribution in [0.5, 0.6) is 5.75 Å². The molecule has 0 radical (unpaired) electrons. The number of hydrogen-bond acceptors (Lipinski definition) is 4.